The van der Waals surface area contributed by atoms with Crippen LogP contribution in [0.25, 0.3) is 6.08 Å². The number of aromatic nitrogens is 2. The number of aryl methyl sites for hydroxylation is 2. The van der Waals surface area contributed by atoms with Crippen molar-refractivity contribution in [2.24, 2.45) is 24.3 Å². The maximum atomic E-state index is 11.3. The molecule has 0 bridgehead atoms. The first-order chi connectivity index (χ1) is 13.9. The van der Waals surface area contributed by atoms with Gasteiger partial charge in [0.05, 0.1) is 19.4 Å². The van der Waals surface area contributed by atoms with Crippen molar-refractivity contribution in [3.63, 3.8) is 0 Å². The number of rotatable bonds is 2. The third-order valence-corrected chi connectivity index (χ3v) is 8.42. The molecule has 3 aliphatic carbocycles. The second-order valence-corrected chi connectivity index (χ2v) is 9.66. The van der Waals surface area contributed by atoms with Crippen LogP contribution in [0, 0.1) is 24.2 Å². The highest BCUT2D eigenvalue weighted by atomic mass is 16.5. The smallest absolute Gasteiger partial charge is 0.119 e. The Labute approximate surface area is 173 Å². The van der Waals surface area contributed by atoms with Crippen molar-refractivity contribution in [1.29, 1.82) is 0 Å². The second kappa shape index (κ2) is 6.73. The Morgan fingerprint density at radius 1 is 1.31 bits per heavy atom. The van der Waals surface area contributed by atoms with Crippen molar-refractivity contribution in [2.45, 2.75) is 58.0 Å². The van der Waals surface area contributed by atoms with E-state index in [2.05, 4.69) is 43.2 Å². The van der Waals surface area contributed by atoms with Crippen LogP contribution in [0.15, 0.2) is 30.0 Å². The lowest BCUT2D eigenvalue weighted by Crippen LogP contribution is -2.44. The third kappa shape index (κ3) is 2.79. The molecule has 0 spiro atoms. The molecular formula is C25H32N2O2. The van der Waals surface area contributed by atoms with E-state index < -0.39 is 0 Å². The van der Waals surface area contributed by atoms with Gasteiger partial charge in [-0.1, -0.05) is 13.0 Å². The fourth-order valence-electron chi connectivity index (χ4n) is 6.54. The van der Waals surface area contributed by atoms with E-state index in [1.807, 2.05) is 17.9 Å². The number of hydrogen-bond acceptors (Lipinski definition) is 3. The molecule has 1 N–H and O–H groups in total. The second-order valence-electron chi connectivity index (χ2n) is 9.66. The van der Waals surface area contributed by atoms with Crippen molar-refractivity contribution in [3.8, 4) is 5.75 Å². The highest BCUT2D eigenvalue weighted by Crippen LogP contribution is 2.62. The number of methoxy groups -OCH3 is 1. The molecule has 0 aliphatic heterocycles. The van der Waals surface area contributed by atoms with Crippen LogP contribution in [-0.2, 0) is 13.5 Å². The van der Waals surface area contributed by atoms with Gasteiger partial charge in [-0.3, -0.25) is 4.68 Å². The number of aliphatic hydroxyl groups excluding tert-OH is 1. The summed E-state index contributed by atoms with van der Waals surface area (Å²) < 4.78 is 7.36. The van der Waals surface area contributed by atoms with Crippen LogP contribution >= 0.6 is 0 Å². The van der Waals surface area contributed by atoms with Crippen LogP contribution in [0.5, 0.6) is 5.75 Å². The Hall–Kier alpha value is -2.07. The molecule has 0 unspecified atom stereocenters. The Balaban J connectivity index is 1.48. The molecule has 2 fully saturated rings. The predicted molar refractivity (Wildman–Crippen MR) is 115 cm³/mol. The standard InChI is InChI=1S/C25H32N2O2/c1-15-18(14-26-27(15)3)11-17-13-23-22-7-5-16-12-19(29-4)6-8-20(16)21(22)9-10-25(23,2)24(17)28/h6,8,11-12,14,21-24,28H,5,7,9-10,13H2,1-4H3/b17-11+/t21-,22-,23+,24+,25-/m0/s1. The topological polar surface area (TPSA) is 47.3 Å². The minimum atomic E-state index is -0.342. The maximum Gasteiger partial charge on any atom is 0.119 e. The number of nitrogens with zero attached hydrogens (tertiary/aromatic N) is 2. The first-order valence-corrected chi connectivity index (χ1v) is 11.0. The highest BCUT2D eigenvalue weighted by molar-refractivity contribution is 5.57. The molecule has 2 saturated carbocycles. The molecule has 0 saturated heterocycles. The largest absolute Gasteiger partial charge is 0.497 e. The van der Waals surface area contributed by atoms with Gasteiger partial charge < -0.3 is 9.84 Å². The van der Waals surface area contributed by atoms with Crippen LogP contribution in [0.1, 0.15) is 60.9 Å². The van der Waals surface area contributed by atoms with Gasteiger partial charge in [0.2, 0.25) is 0 Å². The monoisotopic (exact) mass is 392 g/mol. The fourth-order valence-corrected chi connectivity index (χ4v) is 6.54. The Morgan fingerprint density at radius 3 is 2.86 bits per heavy atom. The van der Waals surface area contributed by atoms with Gasteiger partial charge in [0, 0.05) is 23.7 Å². The van der Waals surface area contributed by atoms with E-state index in [0.717, 1.165) is 36.3 Å². The van der Waals surface area contributed by atoms with E-state index in [9.17, 15) is 5.11 Å². The number of fused-ring (bicyclic) bond motifs is 5. The fraction of sp³-hybridized carbons (Fsp3) is 0.560. The SMILES string of the molecule is COc1ccc2c(c1)CC[C@@H]1[C@H]3C/C(=C\c4cnn(C)c4C)[C@@H](O)[C@@]3(C)CC[C@@H]21. The minimum Gasteiger partial charge on any atom is -0.497 e. The van der Waals surface area contributed by atoms with Crippen molar-refractivity contribution >= 4 is 6.08 Å². The zero-order valence-electron chi connectivity index (χ0n) is 18.0. The molecular weight excluding hydrogens is 360 g/mol. The lowest BCUT2D eigenvalue weighted by Gasteiger charge is -2.49. The van der Waals surface area contributed by atoms with Gasteiger partial charge in [0.1, 0.15) is 5.75 Å². The predicted octanol–water partition coefficient (Wildman–Crippen LogP) is 4.65. The van der Waals surface area contributed by atoms with E-state index in [-0.39, 0.29) is 11.5 Å². The molecule has 2 aromatic rings. The lowest BCUT2D eigenvalue weighted by atomic mass is 9.55. The molecule has 1 aromatic heterocycles. The van der Waals surface area contributed by atoms with Crippen LogP contribution in [-0.4, -0.2) is 28.1 Å². The molecule has 4 nitrogen and oxygen atoms in total. The summed E-state index contributed by atoms with van der Waals surface area (Å²) in [5.74, 6) is 2.80. The van der Waals surface area contributed by atoms with Gasteiger partial charge in [0.15, 0.2) is 0 Å². The van der Waals surface area contributed by atoms with E-state index in [0.29, 0.717) is 17.8 Å². The Bertz CT molecular complexity index is 975. The number of benzene rings is 1. The molecule has 0 amide bonds. The Morgan fingerprint density at radius 2 is 2.14 bits per heavy atom. The van der Waals surface area contributed by atoms with Crippen LogP contribution in [0.4, 0.5) is 0 Å². The van der Waals surface area contributed by atoms with Crippen molar-refractivity contribution in [2.75, 3.05) is 7.11 Å². The van der Waals surface area contributed by atoms with E-state index in [4.69, 9.17) is 4.74 Å². The number of aliphatic hydroxyl groups is 1. The Kier molecular flexibility index (Phi) is 4.39. The van der Waals surface area contributed by atoms with Gasteiger partial charge in [-0.05, 0) is 91.7 Å². The first kappa shape index (κ1) is 18.9. The van der Waals surface area contributed by atoms with Crippen LogP contribution < -0.4 is 4.74 Å². The summed E-state index contributed by atoms with van der Waals surface area (Å²) in [6, 6.07) is 6.66. The van der Waals surface area contributed by atoms with Gasteiger partial charge in [-0.2, -0.15) is 5.10 Å². The molecule has 4 heteroatoms. The molecule has 5 atom stereocenters. The van der Waals surface area contributed by atoms with Crippen molar-refractivity contribution in [1.82, 2.24) is 9.78 Å². The third-order valence-electron chi connectivity index (χ3n) is 8.42. The highest BCUT2D eigenvalue weighted by Gasteiger charge is 2.56. The summed E-state index contributed by atoms with van der Waals surface area (Å²) >= 11 is 0. The molecule has 5 rings (SSSR count). The summed E-state index contributed by atoms with van der Waals surface area (Å²) in [6.07, 6.45) is 9.42. The maximum absolute atomic E-state index is 11.3. The van der Waals surface area contributed by atoms with Crippen molar-refractivity contribution < 1.29 is 9.84 Å². The average molecular weight is 393 g/mol. The summed E-state index contributed by atoms with van der Waals surface area (Å²) in [6.45, 7) is 4.43. The number of hydrogen-bond donors (Lipinski definition) is 1. The van der Waals surface area contributed by atoms with Gasteiger partial charge in [-0.15, -0.1) is 0 Å². The van der Waals surface area contributed by atoms with Crippen LogP contribution in [0.2, 0.25) is 0 Å². The normalized spacial score (nSPS) is 34.6. The molecule has 0 radical (unpaired) electrons. The lowest BCUT2D eigenvalue weighted by molar-refractivity contribution is -0.0158. The summed E-state index contributed by atoms with van der Waals surface area (Å²) in [7, 11) is 3.72. The van der Waals surface area contributed by atoms with E-state index in [1.54, 1.807) is 7.11 Å². The minimum absolute atomic E-state index is 0.00686. The average Bonchev–Trinajstić information content (AvgIpc) is 3.18. The quantitative estimate of drug-likeness (QED) is 0.809. The molecule has 154 valence electrons. The van der Waals surface area contributed by atoms with E-state index >= 15 is 0 Å². The molecule has 29 heavy (non-hydrogen) atoms. The summed E-state index contributed by atoms with van der Waals surface area (Å²) in [5.41, 5.74) is 6.49. The first-order valence-electron chi connectivity index (χ1n) is 11.0. The number of ether oxygens (including phenoxy) is 1. The molecule has 1 aromatic carbocycles. The summed E-state index contributed by atoms with van der Waals surface area (Å²) in [4.78, 5) is 0. The van der Waals surface area contributed by atoms with E-state index in [1.165, 1.54) is 29.5 Å². The van der Waals surface area contributed by atoms with Gasteiger partial charge in [-0.25, -0.2) is 0 Å². The zero-order chi connectivity index (χ0) is 20.3. The zero-order valence-corrected chi connectivity index (χ0v) is 18.0. The molecule has 1 heterocycles. The van der Waals surface area contributed by atoms with Crippen LogP contribution in [0.3, 0.4) is 0 Å². The summed E-state index contributed by atoms with van der Waals surface area (Å²) in [5, 5.41) is 15.7. The van der Waals surface area contributed by atoms with Gasteiger partial charge in [0.25, 0.3) is 0 Å². The van der Waals surface area contributed by atoms with Gasteiger partial charge >= 0.3 is 0 Å². The van der Waals surface area contributed by atoms with Crippen molar-refractivity contribution in [3.05, 3.63) is 52.4 Å². The molecule has 3 aliphatic rings.